The van der Waals surface area contributed by atoms with E-state index in [1.165, 1.54) is 21.7 Å². The lowest BCUT2D eigenvalue weighted by Crippen LogP contribution is -2.40. The summed E-state index contributed by atoms with van der Waals surface area (Å²) in [6, 6.07) is 1.39. The molecule has 1 aliphatic rings. The van der Waals surface area contributed by atoms with Crippen LogP contribution in [0.25, 0.3) is 26.1 Å². The number of alkyl halides is 2. The maximum absolute atomic E-state index is 13.2. The second kappa shape index (κ2) is 7.38. The number of nitrogens with zero attached hydrogens (tertiary/aromatic N) is 6. The Balaban J connectivity index is 1.61. The Morgan fingerprint density at radius 2 is 2.13 bits per heavy atom. The average molecular weight is 467 g/mol. The lowest BCUT2D eigenvalue weighted by molar-refractivity contribution is 0.146. The molecule has 0 N–H and O–H groups in total. The number of halogens is 2. The topological polar surface area (TPSA) is 93.4 Å². The normalized spacial score (nSPS) is 18.7. The Bertz CT molecular complexity index is 1420. The summed E-state index contributed by atoms with van der Waals surface area (Å²) < 4.78 is 54.8. The van der Waals surface area contributed by atoms with Crippen LogP contribution < -0.4 is 0 Å². The fourth-order valence-corrected chi connectivity index (χ4v) is 6.49. The van der Waals surface area contributed by atoms with Crippen molar-refractivity contribution in [3.05, 3.63) is 29.5 Å². The highest BCUT2D eigenvalue weighted by Crippen LogP contribution is 2.37. The van der Waals surface area contributed by atoms with Crippen molar-refractivity contribution in [2.24, 2.45) is 0 Å². The van der Waals surface area contributed by atoms with Gasteiger partial charge in [0.15, 0.2) is 11.5 Å². The van der Waals surface area contributed by atoms with Crippen molar-refractivity contribution in [3.63, 3.8) is 0 Å². The third kappa shape index (κ3) is 3.37. The molecule has 1 fully saturated rings. The second-order valence-electron chi connectivity index (χ2n) is 7.71. The molecule has 1 aliphatic heterocycles. The van der Waals surface area contributed by atoms with Crippen molar-refractivity contribution in [1.29, 1.82) is 0 Å². The quantitative estimate of drug-likeness (QED) is 0.456. The van der Waals surface area contributed by atoms with Gasteiger partial charge in [-0.15, -0.1) is 16.4 Å². The van der Waals surface area contributed by atoms with E-state index in [0.717, 1.165) is 22.9 Å². The van der Waals surface area contributed by atoms with Gasteiger partial charge in [-0.25, -0.2) is 41.0 Å². The van der Waals surface area contributed by atoms with E-state index in [4.69, 9.17) is 4.98 Å². The predicted octanol–water partition coefficient (Wildman–Crippen LogP) is 3.66. The zero-order chi connectivity index (χ0) is 21.9. The summed E-state index contributed by atoms with van der Waals surface area (Å²) in [6.07, 6.45) is 0.461. The molecule has 0 unspecified atom stereocenters. The molecule has 0 spiro atoms. The number of aryl methyl sites for hydroxylation is 1. The van der Waals surface area contributed by atoms with E-state index in [9.17, 15) is 17.2 Å². The molecule has 12 heteroatoms. The Morgan fingerprint density at radius 1 is 1.32 bits per heavy atom. The molecule has 4 aromatic rings. The van der Waals surface area contributed by atoms with Crippen molar-refractivity contribution >= 4 is 47.4 Å². The maximum atomic E-state index is 13.2. The lowest BCUT2D eigenvalue weighted by Gasteiger charge is -2.30. The van der Waals surface area contributed by atoms with Crippen LogP contribution in [0.1, 0.15) is 49.2 Å². The molecule has 8 nitrogen and oxygen atoms in total. The van der Waals surface area contributed by atoms with E-state index in [2.05, 4.69) is 15.1 Å². The second-order valence-corrected chi connectivity index (χ2v) is 11.0. The first-order chi connectivity index (χ1) is 14.8. The van der Waals surface area contributed by atoms with Crippen LogP contribution in [0.3, 0.4) is 0 Å². The summed E-state index contributed by atoms with van der Waals surface area (Å²) in [4.78, 5) is 13.8. The van der Waals surface area contributed by atoms with Crippen molar-refractivity contribution in [1.82, 2.24) is 28.9 Å². The summed E-state index contributed by atoms with van der Waals surface area (Å²) in [6.45, 7) is 4.28. The van der Waals surface area contributed by atoms with Crippen LogP contribution in [-0.2, 0) is 10.0 Å². The molecule has 5 rings (SSSR count). The minimum absolute atomic E-state index is 0.0671. The van der Waals surface area contributed by atoms with Crippen molar-refractivity contribution in [2.45, 2.75) is 39.0 Å². The SMILES string of the molecule is CCS(=O)(=O)N1CCC[C@@H](c2nc3c4sc5nc(C(F)F)cc(C)c5c4ncn3n2)C1. The number of pyridine rings is 1. The van der Waals surface area contributed by atoms with Gasteiger partial charge in [-0.2, -0.15) is 0 Å². The van der Waals surface area contributed by atoms with Gasteiger partial charge in [0, 0.05) is 24.4 Å². The summed E-state index contributed by atoms with van der Waals surface area (Å²) in [5, 5.41) is 5.30. The Morgan fingerprint density at radius 3 is 2.87 bits per heavy atom. The van der Waals surface area contributed by atoms with Crippen LogP contribution in [-0.4, -0.2) is 56.1 Å². The number of hydrogen-bond donors (Lipinski definition) is 0. The smallest absolute Gasteiger partial charge is 0.236 e. The molecule has 0 bridgehead atoms. The van der Waals surface area contributed by atoms with Crippen LogP contribution in [0.15, 0.2) is 12.4 Å². The first-order valence-electron chi connectivity index (χ1n) is 9.99. The molecule has 1 saturated heterocycles. The number of piperidine rings is 1. The zero-order valence-electron chi connectivity index (χ0n) is 16.9. The molecule has 31 heavy (non-hydrogen) atoms. The molecule has 0 aliphatic carbocycles. The van der Waals surface area contributed by atoms with E-state index in [-0.39, 0.29) is 17.4 Å². The maximum Gasteiger partial charge on any atom is 0.280 e. The van der Waals surface area contributed by atoms with E-state index in [1.807, 2.05) is 0 Å². The fourth-order valence-electron chi connectivity index (χ4n) is 4.12. The third-order valence-electron chi connectivity index (χ3n) is 5.73. The molecule has 0 amide bonds. The number of rotatable bonds is 4. The number of fused-ring (bicyclic) bond motifs is 5. The standard InChI is InChI=1S/C19H20F2N6O2S2/c1-3-31(28,29)26-6-4-5-11(8-26)17-24-18-15-14(22-9-27(18)25-17)13-10(2)7-12(16(20)21)23-19(13)30-15/h7,9,11,16H,3-6,8H2,1-2H3/t11-/m1/s1. The van der Waals surface area contributed by atoms with E-state index in [0.29, 0.717) is 40.5 Å². The number of thiophene rings is 1. The van der Waals surface area contributed by atoms with E-state index in [1.54, 1.807) is 24.7 Å². The first kappa shape index (κ1) is 20.6. The molecule has 164 valence electrons. The van der Waals surface area contributed by atoms with Gasteiger partial charge in [-0.3, -0.25) is 0 Å². The molecule has 4 aromatic heterocycles. The van der Waals surface area contributed by atoms with E-state index < -0.39 is 16.4 Å². The van der Waals surface area contributed by atoms with Gasteiger partial charge in [-0.05, 0) is 38.3 Å². The Kier molecular flexibility index (Phi) is 4.90. The Hall–Kier alpha value is -2.31. The third-order valence-corrected chi connectivity index (χ3v) is 8.65. The van der Waals surface area contributed by atoms with Gasteiger partial charge < -0.3 is 0 Å². The van der Waals surface area contributed by atoms with Crippen molar-refractivity contribution < 1.29 is 17.2 Å². The molecular weight excluding hydrogens is 446 g/mol. The lowest BCUT2D eigenvalue weighted by atomic mass is 9.99. The predicted molar refractivity (Wildman–Crippen MR) is 114 cm³/mol. The molecule has 0 radical (unpaired) electrons. The fraction of sp³-hybridized carbons (Fsp3) is 0.474. The van der Waals surface area contributed by atoms with Crippen LogP contribution in [0.5, 0.6) is 0 Å². The zero-order valence-corrected chi connectivity index (χ0v) is 18.6. The highest BCUT2D eigenvalue weighted by Gasteiger charge is 2.31. The largest absolute Gasteiger partial charge is 0.280 e. The Labute approximate surface area is 181 Å². The molecular formula is C19H20F2N6O2S2. The van der Waals surface area contributed by atoms with Gasteiger partial charge in [0.2, 0.25) is 10.0 Å². The van der Waals surface area contributed by atoms with Crippen molar-refractivity contribution in [2.75, 3.05) is 18.8 Å². The summed E-state index contributed by atoms with van der Waals surface area (Å²) >= 11 is 1.27. The first-order valence-corrected chi connectivity index (χ1v) is 12.4. The molecule has 1 atom stereocenters. The monoisotopic (exact) mass is 466 g/mol. The van der Waals surface area contributed by atoms with Gasteiger partial charge in [0.05, 0.1) is 11.3 Å². The van der Waals surface area contributed by atoms with Crippen molar-refractivity contribution in [3.8, 4) is 0 Å². The van der Waals surface area contributed by atoms with E-state index >= 15 is 0 Å². The van der Waals surface area contributed by atoms with Crippen LogP contribution >= 0.6 is 11.3 Å². The number of hydrogen-bond acceptors (Lipinski definition) is 7. The molecule has 0 aromatic carbocycles. The van der Waals surface area contributed by atoms with Gasteiger partial charge in [0.25, 0.3) is 6.43 Å². The summed E-state index contributed by atoms with van der Waals surface area (Å²) in [5.74, 6) is 0.530. The van der Waals surface area contributed by atoms with Gasteiger partial charge >= 0.3 is 0 Å². The van der Waals surface area contributed by atoms with Crippen LogP contribution in [0.4, 0.5) is 8.78 Å². The van der Waals surface area contributed by atoms with Gasteiger partial charge in [-0.1, -0.05) is 0 Å². The van der Waals surface area contributed by atoms with Crippen LogP contribution in [0.2, 0.25) is 0 Å². The minimum atomic E-state index is -3.27. The average Bonchev–Trinajstić information content (AvgIpc) is 3.35. The summed E-state index contributed by atoms with van der Waals surface area (Å²) in [5.41, 5.74) is 1.68. The summed E-state index contributed by atoms with van der Waals surface area (Å²) in [7, 11) is -3.27. The highest BCUT2D eigenvalue weighted by molar-refractivity contribution is 7.89. The van der Waals surface area contributed by atoms with Crippen LogP contribution in [0, 0.1) is 6.92 Å². The molecule has 0 saturated carbocycles. The number of aromatic nitrogens is 5. The minimum Gasteiger partial charge on any atom is -0.236 e. The van der Waals surface area contributed by atoms with Gasteiger partial charge in [0.1, 0.15) is 21.6 Å². The molecule has 5 heterocycles. The highest BCUT2D eigenvalue weighted by atomic mass is 32.2. The number of sulfonamides is 1.